The van der Waals surface area contributed by atoms with Crippen LogP contribution in [0.1, 0.15) is 53.0 Å². The number of nitrogens with zero attached hydrogens (tertiary/aromatic N) is 4. The minimum Gasteiger partial charge on any atom is -0.432 e. The van der Waals surface area contributed by atoms with Gasteiger partial charge in [0.15, 0.2) is 11.6 Å². The molecule has 2 heterocycles. The summed E-state index contributed by atoms with van der Waals surface area (Å²) >= 11 is 0. The number of carbonyl (C=O) groups is 1. The number of benzene rings is 1. The number of nitrogens with one attached hydrogen (secondary N) is 1. The Morgan fingerprint density at radius 2 is 1.59 bits per heavy atom. The summed E-state index contributed by atoms with van der Waals surface area (Å²) in [6.07, 6.45) is -0.108. The second kappa shape index (κ2) is 9.90. The maximum Gasteiger partial charge on any atom is 0.416 e. The number of aromatic nitrogens is 4. The fourth-order valence-corrected chi connectivity index (χ4v) is 3.58. The standard InChI is InChI=1S/C23H18F7N5O2/c1-11(17-18(32-5-4-31-17)19-33-9-16(10-34-19)37-21(24)25)35-20(36)12-6-14(22(26,27)13-2-3-13)8-15(7-12)23(28,29)30/h4-11,13,21H,2-3H2,1H3,(H,35,36). The number of rotatable bonds is 8. The van der Waals surface area contributed by atoms with Gasteiger partial charge >= 0.3 is 12.8 Å². The van der Waals surface area contributed by atoms with E-state index in [1.54, 1.807) is 0 Å². The Kier molecular flexibility index (Phi) is 7.02. The molecule has 196 valence electrons. The second-order valence-electron chi connectivity index (χ2n) is 8.30. The van der Waals surface area contributed by atoms with Crippen molar-refractivity contribution < 1.29 is 40.3 Å². The number of hydrogen-bond donors (Lipinski definition) is 1. The molecule has 1 aromatic carbocycles. The summed E-state index contributed by atoms with van der Waals surface area (Å²) in [7, 11) is 0. The van der Waals surface area contributed by atoms with Crippen LogP contribution in [0, 0.1) is 5.92 Å². The van der Waals surface area contributed by atoms with Crippen LogP contribution in [0.5, 0.6) is 5.75 Å². The van der Waals surface area contributed by atoms with Crippen molar-refractivity contribution in [2.24, 2.45) is 5.92 Å². The maximum absolute atomic E-state index is 14.6. The van der Waals surface area contributed by atoms with Gasteiger partial charge in [0.25, 0.3) is 11.8 Å². The number of ether oxygens (including phenoxy) is 1. The summed E-state index contributed by atoms with van der Waals surface area (Å²) in [5.41, 5.74) is -2.73. The van der Waals surface area contributed by atoms with Gasteiger partial charge in [-0.2, -0.15) is 22.0 Å². The van der Waals surface area contributed by atoms with Gasteiger partial charge in [-0.15, -0.1) is 0 Å². The molecule has 0 aliphatic heterocycles. The second-order valence-corrected chi connectivity index (χ2v) is 8.30. The van der Waals surface area contributed by atoms with Crippen molar-refractivity contribution >= 4 is 5.91 Å². The van der Waals surface area contributed by atoms with E-state index in [0.29, 0.717) is 12.1 Å². The highest BCUT2D eigenvalue weighted by Gasteiger charge is 2.49. The van der Waals surface area contributed by atoms with Gasteiger partial charge < -0.3 is 10.1 Å². The predicted molar refractivity (Wildman–Crippen MR) is 114 cm³/mol. The van der Waals surface area contributed by atoms with Crippen LogP contribution in [0.3, 0.4) is 0 Å². The molecule has 3 aromatic rings. The molecule has 14 heteroatoms. The van der Waals surface area contributed by atoms with Gasteiger partial charge in [-0.1, -0.05) is 0 Å². The van der Waals surface area contributed by atoms with E-state index in [0.717, 1.165) is 18.5 Å². The molecule has 7 nitrogen and oxygen atoms in total. The first-order valence-electron chi connectivity index (χ1n) is 10.9. The molecule has 2 aromatic heterocycles. The van der Waals surface area contributed by atoms with Crippen LogP contribution in [0.25, 0.3) is 11.5 Å². The van der Waals surface area contributed by atoms with E-state index in [1.165, 1.54) is 19.3 Å². The highest BCUT2D eigenvalue weighted by Crippen LogP contribution is 2.50. The average Bonchev–Trinajstić information content (AvgIpc) is 3.70. The van der Waals surface area contributed by atoms with Crippen molar-refractivity contribution in [1.29, 1.82) is 0 Å². The Labute approximate surface area is 205 Å². The molecule has 1 fully saturated rings. The Bertz CT molecular complexity index is 1280. The van der Waals surface area contributed by atoms with Gasteiger partial charge in [-0.3, -0.25) is 9.78 Å². The molecule has 0 radical (unpaired) electrons. The quantitative estimate of drug-likeness (QED) is 0.385. The molecule has 1 unspecified atom stereocenters. The van der Waals surface area contributed by atoms with Crippen LogP contribution in [0.4, 0.5) is 30.7 Å². The number of carbonyl (C=O) groups excluding carboxylic acids is 1. The third-order valence-corrected chi connectivity index (χ3v) is 5.55. The van der Waals surface area contributed by atoms with Crippen molar-refractivity contribution in [3.8, 4) is 17.3 Å². The molecule has 4 rings (SSSR count). The first-order chi connectivity index (χ1) is 17.4. The molecule has 1 aliphatic rings. The van der Waals surface area contributed by atoms with E-state index in [4.69, 9.17) is 0 Å². The van der Waals surface area contributed by atoms with Crippen LogP contribution in [0.2, 0.25) is 0 Å². The highest BCUT2D eigenvalue weighted by atomic mass is 19.4. The SMILES string of the molecule is CC(NC(=O)c1cc(C(F)(F)F)cc(C(F)(F)C2CC2)c1)c1nccnc1-c1ncc(OC(F)F)cn1. The number of hydrogen-bond acceptors (Lipinski definition) is 6. The Morgan fingerprint density at radius 1 is 0.973 bits per heavy atom. The maximum atomic E-state index is 14.6. The fourth-order valence-electron chi connectivity index (χ4n) is 3.58. The van der Waals surface area contributed by atoms with Crippen LogP contribution < -0.4 is 10.1 Å². The van der Waals surface area contributed by atoms with E-state index < -0.39 is 53.3 Å². The van der Waals surface area contributed by atoms with Crippen LogP contribution in [-0.4, -0.2) is 32.5 Å². The molecule has 0 spiro atoms. The molecular formula is C23H18F7N5O2. The lowest BCUT2D eigenvalue weighted by Crippen LogP contribution is -2.29. The summed E-state index contributed by atoms with van der Waals surface area (Å²) in [5, 5.41) is 2.43. The lowest BCUT2D eigenvalue weighted by Gasteiger charge is -2.20. The van der Waals surface area contributed by atoms with Gasteiger partial charge in [0.1, 0.15) is 5.69 Å². The first kappa shape index (κ1) is 26.2. The van der Waals surface area contributed by atoms with E-state index in [2.05, 4.69) is 30.0 Å². The van der Waals surface area contributed by atoms with Crippen molar-refractivity contribution in [2.75, 3.05) is 0 Å². The summed E-state index contributed by atoms with van der Waals surface area (Å²) in [5.74, 6) is -6.02. The monoisotopic (exact) mass is 529 g/mol. The minimum atomic E-state index is -4.95. The van der Waals surface area contributed by atoms with Gasteiger partial charge in [-0.05, 0) is 38.0 Å². The van der Waals surface area contributed by atoms with Crippen molar-refractivity contribution in [3.05, 3.63) is 65.4 Å². The average molecular weight is 529 g/mol. The summed E-state index contributed by atoms with van der Waals surface area (Å²) in [6.45, 7) is -1.65. The molecule has 0 saturated heterocycles. The van der Waals surface area contributed by atoms with Crippen LogP contribution in [-0.2, 0) is 12.1 Å². The molecule has 1 saturated carbocycles. The zero-order valence-corrected chi connectivity index (χ0v) is 18.9. The van der Waals surface area contributed by atoms with Crippen molar-refractivity contribution in [3.63, 3.8) is 0 Å². The zero-order chi connectivity index (χ0) is 27.0. The predicted octanol–water partition coefficient (Wildman–Crippen LogP) is 5.55. The zero-order valence-electron chi connectivity index (χ0n) is 18.9. The Morgan fingerprint density at radius 3 is 2.19 bits per heavy atom. The largest absolute Gasteiger partial charge is 0.432 e. The van der Waals surface area contributed by atoms with Crippen molar-refractivity contribution in [1.82, 2.24) is 25.3 Å². The summed E-state index contributed by atoms with van der Waals surface area (Å²) in [6, 6.07) is 0.617. The topological polar surface area (TPSA) is 89.9 Å². The number of halogens is 7. The van der Waals surface area contributed by atoms with Crippen molar-refractivity contribution in [2.45, 2.75) is 44.5 Å². The highest BCUT2D eigenvalue weighted by molar-refractivity contribution is 5.95. The molecule has 37 heavy (non-hydrogen) atoms. The normalized spacial score (nSPS) is 14.9. The van der Waals surface area contributed by atoms with Gasteiger partial charge in [0.05, 0.1) is 29.7 Å². The molecule has 0 bridgehead atoms. The molecular weight excluding hydrogens is 511 g/mol. The Balaban J connectivity index is 1.61. The van der Waals surface area contributed by atoms with E-state index in [-0.39, 0.29) is 35.8 Å². The lowest BCUT2D eigenvalue weighted by molar-refractivity contribution is -0.137. The number of amides is 1. The van der Waals surface area contributed by atoms with E-state index in [9.17, 15) is 35.5 Å². The molecule has 1 aliphatic carbocycles. The van der Waals surface area contributed by atoms with Gasteiger partial charge in [0.2, 0.25) is 0 Å². The molecule has 1 atom stereocenters. The lowest BCUT2D eigenvalue weighted by atomic mass is 9.97. The third-order valence-electron chi connectivity index (χ3n) is 5.55. The molecule has 1 N–H and O–H groups in total. The van der Waals surface area contributed by atoms with Crippen LogP contribution in [0.15, 0.2) is 43.0 Å². The molecule has 1 amide bonds. The van der Waals surface area contributed by atoms with Crippen LogP contribution >= 0.6 is 0 Å². The van der Waals surface area contributed by atoms with Gasteiger partial charge in [0, 0.05) is 29.4 Å². The minimum absolute atomic E-state index is 0.0453. The van der Waals surface area contributed by atoms with E-state index in [1.807, 2.05) is 0 Å². The first-order valence-corrected chi connectivity index (χ1v) is 10.9. The summed E-state index contributed by atoms with van der Waals surface area (Å²) < 4.78 is 98.4. The number of alkyl halides is 7. The van der Waals surface area contributed by atoms with E-state index >= 15 is 0 Å². The van der Waals surface area contributed by atoms with Gasteiger partial charge in [-0.25, -0.2) is 23.7 Å². The Hall–Kier alpha value is -3.84. The smallest absolute Gasteiger partial charge is 0.416 e. The summed E-state index contributed by atoms with van der Waals surface area (Å²) in [4.78, 5) is 28.8. The fraction of sp³-hybridized carbons (Fsp3) is 0.348. The third kappa shape index (κ3) is 5.94.